The van der Waals surface area contributed by atoms with Crippen LogP contribution in [0.3, 0.4) is 0 Å². The second kappa shape index (κ2) is 11.2. The number of carbonyl (C=O) groups excluding carboxylic acids is 1. The summed E-state index contributed by atoms with van der Waals surface area (Å²) in [5.74, 6) is 0.522. The van der Waals surface area contributed by atoms with Crippen LogP contribution in [0.25, 0.3) is 0 Å². The molecule has 1 aromatic heterocycles. The molecule has 8 heteroatoms. The molecule has 0 saturated heterocycles. The molecule has 0 spiro atoms. The van der Waals surface area contributed by atoms with Crippen LogP contribution in [0.1, 0.15) is 23.1 Å². The van der Waals surface area contributed by atoms with Gasteiger partial charge in [0, 0.05) is 39.0 Å². The number of hydrogen-bond donors (Lipinski definition) is 3. The Labute approximate surface area is 187 Å². The van der Waals surface area contributed by atoms with Gasteiger partial charge >= 0.3 is 0 Å². The van der Waals surface area contributed by atoms with Crippen LogP contribution in [-0.4, -0.2) is 35.2 Å². The van der Waals surface area contributed by atoms with E-state index in [0.717, 1.165) is 11.1 Å². The monoisotopic (exact) mass is 438 g/mol. The number of nitrogens with one attached hydrogen (secondary N) is 3. The third-order valence-corrected chi connectivity index (χ3v) is 5.04. The van der Waals surface area contributed by atoms with Crippen molar-refractivity contribution in [3.05, 3.63) is 82.6 Å². The topological polar surface area (TPSA) is 83.3 Å². The van der Waals surface area contributed by atoms with Crippen molar-refractivity contribution in [3.63, 3.8) is 0 Å². The fraction of sp³-hybridized carbons (Fsp3) is 0.261. The van der Waals surface area contributed by atoms with E-state index in [1.807, 2.05) is 54.2 Å². The molecule has 0 aliphatic carbocycles. The minimum atomic E-state index is -0.113. The highest BCUT2D eigenvalue weighted by Gasteiger charge is 2.08. The fourth-order valence-electron chi connectivity index (χ4n) is 3.08. The smallest absolute Gasteiger partial charge is 0.226 e. The summed E-state index contributed by atoms with van der Waals surface area (Å²) in [7, 11) is 1.71. The van der Waals surface area contributed by atoms with Crippen molar-refractivity contribution in [1.82, 2.24) is 20.4 Å². The van der Waals surface area contributed by atoms with E-state index in [9.17, 15) is 4.79 Å². The lowest BCUT2D eigenvalue weighted by Gasteiger charge is -2.14. The van der Waals surface area contributed by atoms with E-state index in [1.54, 1.807) is 13.2 Å². The summed E-state index contributed by atoms with van der Waals surface area (Å²) in [6.07, 6.45) is 4.01. The molecule has 0 aliphatic heterocycles. The van der Waals surface area contributed by atoms with Gasteiger partial charge in [-0.3, -0.25) is 14.5 Å². The first-order valence-electron chi connectivity index (χ1n) is 10.1. The van der Waals surface area contributed by atoms with Crippen molar-refractivity contribution in [3.8, 4) is 0 Å². The zero-order valence-corrected chi connectivity index (χ0v) is 18.5. The average molecular weight is 439 g/mol. The van der Waals surface area contributed by atoms with E-state index >= 15 is 0 Å². The number of aromatic nitrogens is 2. The van der Waals surface area contributed by atoms with Gasteiger partial charge in [0.05, 0.1) is 17.3 Å². The summed E-state index contributed by atoms with van der Waals surface area (Å²) < 4.78 is 1.89. The highest BCUT2D eigenvalue weighted by Crippen LogP contribution is 2.22. The molecule has 1 heterocycles. The highest BCUT2D eigenvalue weighted by molar-refractivity contribution is 6.33. The summed E-state index contributed by atoms with van der Waals surface area (Å²) in [6, 6.07) is 15.7. The maximum atomic E-state index is 12.2. The van der Waals surface area contributed by atoms with Crippen LogP contribution in [0, 0.1) is 6.92 Å². The van der Waals surface area contributed by atoms with E-state index in [0.29, 0.717) is 42.7 Å². The first-order valence-corrected chi connectivity index (χ1v) is 10.5. The largest absolute Gasteiger partial charge is 0.356 e. The molecule has 0 unspecified atom stereocenters. The van der Waals surface area contributed by atoms with Crippen LogP contribution in [0.2, 0.25) is 5.02 Å². The number of hydrogen-bond acceptors (Lipinski definition) is 3. The lowest BCUT2D eigenvalue weighted by molar-refractivity contribution is -0.116. The van der Waals surface area contributed by atoms with Crippen LogP contribution in [0.4, 0.5) is 5.69 Å². The van der Waals surface area contributed by atoms with Gasteiger partial charge in [0.25, 0.3) is 0 Å². The lowest BCUT2D eigenvalue weighted by Crippen LogP contribution is -2.38. The number of aryl methyl sites for hydroxylation is 1. The Kier molecular flexibility index (Phi) is 8.06. The van der Waals surface area contributed by atoms with E-state index < -0.39 is 0 Å². The number of rotatable bonds is 8. The Bertz CT molecular complexity index is 1030. The fourth-order valence-corrected chi connectivity index (χ4v) is 3.36. The molecule has 7 nitrogen and oxygen atoms in total. The first-order chi connectivity index (χ1) is 15.0. The van der Waals surface area contributed by atoms with Gasteiger partial charge in [0.2, 0.25) is 5.91 Å². The summed E-state index contributed by atoms with van der Waals surface area (Å²) in [5, 5.41) is 14.1. The highest BCUT2D eigenvalue weighted by atomic mass is 35.5. The van der Waals surface area contributed by atoms with E-state index in [4.69, 9.17) is 11.6 Å². The van der Waals surface area contributed by atoms with Crippen molar-refractivity contribution < 1.29 is 4.79 Å². The molecule has 3 N–H and O–H groups in total. The van der Waals surface area contributed by atoms with Gasteiger partial charge in [0.1, 0.15) is 0 Å². The minimum Gasteiger partial charge on any atom is -0.356 e. The molecule has 0 aliphatic rings. The summed E-state index contributed by atoms with van der Waals surface area (Å²) in [5.41, 5.74) is 4.01. The Morgan fingerprint density at radius 2 is 1.94 bits per heavy atom. The Morgan fingerprint density at radius 3 is 2.65 bits per heavy atom. The molecule has 3 rings (SSSR count). The SMILES string of the molecule is CN=C(NCCC(=O)Nc1ccc(C)cc1Cl)NCc1ccccc1Cn1cccn1. The van der Waals surface area contributed by atoms with Crippen molar-refractivity contribution in [2.75, 3.05) is 18.9 Å². The van der Waals surface area contributed by atoms with Crippen LogP contribution in [0.15, 0.2) is 65.9 Å². The van der Waals surface area contributed by atoms with Crippen molar-refractivity contribution in [2.24, 2.45) is 4.99 Å². The van der Waals surface area contributed by atoms with E-state index in [1.165, 1.54) is 5.56 Å². The number of nitrogens with zero attached hydrogens (tertiary/aromatic N) is 3. The first kappa shape index (κ1) is 22.4. The summed E-state index contributed by atoms with van der Waals surface area (Å²) in [4.78, 5) is 16.5. The molecular formula is C23H27ClN6O. The van der Waals surface area contributed by atoms with Crippen molar-refractivity contribution >= 4 is 29.2 Å². The number of amides is 1. The van der Waals surface area contributed by atoms with E-state index in [-0.39, 0.29) is 5.91 Å². The van der Waals surface area contributed by atoms with Crippen LogP contribution < -0.4 is 16.0 Å². The van der Waals surface area contributed by atoms with Gasteiger partial charge in [-0.1, -0.05) is 41.9 Å². The number of benzene rings is 2. The number of guanidine groups is 1. The second-order valence-corrected chi connectivity index (χ2v) is 7.51. The van der Waals surface area contributed by atoms with Gasteiger partial charge in [-0.15, -0.1) is 0 Å². The number of carbonyl (C=O) groups is 1. The predicted molar refractivity (Wildman–Crippen MR) is 125 cm³/mol. The lowest BCUT2D eigenvalue weighted by atomic mass is 10.1. The zero-order chi connectivity index (χ0) is 22.1. The van der Waals surface area contributed by atoms with Gasteiger partial charge in [-0.2, -0.15) is 5.10 Å². The maximum absolute atomic E-state index is 12.2. The van der Waals surface area contributed by atoms with Crippen LogP contribution >= 0.6 is 11.6 Å². The minimum absolute atomic E-state index is 0.113. The molecule has 0 fully saturated rings. The number of aliphatic imine (C=N–C) groups is 1. The van der Waals surface area contributed by atoms with Crippen LogP contribution in [0.5, 0.6) is 0 Å². The number of halogens is 1. The molecule has 2 aromatic carbocycles. The second-order valence-electron chi connectivity index (χ2n) is 7.11. The molecule has 1 amide bonds. The zero-order valence-electron chi connectivity index (χ0n) is 17.7. The molecule has 0 atom stereocenters. The predicted octanol–water partition coefficient (Wildman–Crippen LogP) is 3.59. The molecule has 0 radical (unpaired) electrons. The summed E-state index contributed by atoms with van der Waals surface area (Å²) in [6.45, 7) is 3.72. The maximum Gasteiger partial charge on any atom is 0.226 e. The number of anilines is 1. The third-order valence-electron chi connectivity index (χ3n) is 4.72. The molecule has 31 heavy (non-hydrogen) atoms. The van der Waals surface area contributed by atoms with Crippen molar-refractivity contribution in [2.45, 2.75) is 26.4 Å². The molecule has 0 saturated carbocycles. The Balaban J connectivity index is 1.46. The standard InChI is InChI=1S/C23H27ClN6O/c1-17-8-9-21(20(24)14-17)29-22(31)10-12-26-23(25-2)27-15-18-6-3-4-7-19(18)16-30-13-5-11-28-30/h3-9,11,13-14H,10,12,15-16H2,1-2H3,(H,29,31)(H2,25,26,27). The average Bonchev–Trinajstić information content (AvgIpc) is 3.26. The third kappa shape index (κ3) is 6.86. The Hall–Kier alpha value is -3.32. The molecule has 162 valence electrons. The van der Waals surface area contributed by atoms with Crippen molar-refractivity contribution in [1.29, 1.82) is 0 Å². The van der Waals surface area contributed by atoms with E-state index in [2.05, 4.69) is 38.2 Å². The van der Waals surface area contributed by atoms with Gasteiger partial charge in [-0.25, -0.2) is 0 Å². The van der Waals surface area contributed by atoms with Gasteiger partial charge < -0.3 is 16.0 Å². The normalized spacial score (nSPS) is 11.3. The molecule has 0 bridgehead atoms. The molecule has 3 aromatic rings. The van der Waals surface area contributed by atoms with Gasteiger partial charge in [0.15, 0.2) is 5.96 Å². The Morgan fingerprint density at radius 1 is 1.13 bits per heavy atom. The van der Waals surface area contributed by atoms with Crippen LogP contribution in [-0.2, 0) is 17.9 Å². The molecular weight excluding hydrogens is 412 g/mol. The quantitative estimate of drug-likeness (QED) is 0.370. The van der Waals surface area contributed by atoms with Gasteiger partial charge in [-0.05, 0) is 41.8 Å². The summed E-state index contributed by atoms with van der Waals surface area (Å²) >= 11 is 6.17.